The van der Waals surface area contributed by atoms with Gasteiger partial charge in [-0.3, -0.25) is 0 Å². The van der Waals surface area contributed by atoms with Crippen LogP contribution in [0.3, 0.4) is 0 Å². The van der Waals surface area contributed by atoms with Crippen molar-refractivity contribution in [3.8, 4) is 5.75 Å². The smallest absolute Gasteiger partial charge is 0.460 e. The molecule has 0 aromatic heterocycles. The summed E-state index contributed by atoms with van der Waals surface area (Å²) in [7, 11) is 0. The minimum Gasteiger partial charge on any atom is -0.493 e. The maximum atomic E-state index is 14.0. The highest BCUT2D eigenvalue weighted by Gasteiger charge is 2.90. The molecule has 0 amide bonds. The third kappa shape index (κ3) is 5.11. The summed E-state index contributed by atoms with van der Waals surface area (Å²) in [4.78, 5) is 0. The van der Waals surface area contributed by atoms with Crippen LogP contribution >= 0.6 is 0 Å². The molecule has 1 rings (SSSR count). The van der Waals surface area contributed by atoms with Gasteiger partial charge in [0.1, 0.15) is 5.75 Å². The third-order valence-corrected chi connectivity index (χ3v) is 4.48. The number of para-hydroxylation sites is 1. The fraction of sp³-hybridized carbons (Fsp3) is 0.667. The van der Waals surface area contributed by atoms with Gasteiger partial charge in [0.25, 0.3) is 0 Å². The molecule has 1 unspecified atom stereocenters. The monoisotopic (exact) mass is 512 g/mol. The van der Waals surface area contributed by atoms with Crippen molar-refractivity contribution < 1.29 is 66.9 Å². The molecule has 0 aliphatic carbocycles. The Balaban J connectivity index is 3.31. The van der Waals surface area contributed by atoms with E-state index in [0.29, 0.717) is 12.8 Å². The summed E-state index contributed by atoms with van der Waals surface area (Å²) in [5.41, 5.74) is -0.667. The number of benzene rings is 1. The van der Waals surface area contributed by atoms with Crippen LogP contribution in [0.4, 0.5) is 57.1 Å². The number of halogens is 13. The molecule has 1 N–H and O–H groups in total. The van der Waals surface area contributed by atoms with Crippen molar-refractivity contribution in [3.05, 3.63) is 29.8 Å². The molecule has 0 saturated carbocycles. The molecule has 0 saturated heterocycles. The molecule has 0 aliphatic rings. The summed E-state index contributed by atoms with van der Waals surface area (Å²) in [6.07, 6.45) is -12.0. The number of aliphatic hydroxyl groups is 1. The van der Waals surface area contributed by atoms with Crippen LogP contribution < -0.4 is 4.74 Å². The van der Waals surface area contributed by atoms with E-state index in [0.717, 1.165) is 18.2 Å². The van der Waals surface area contributed by atoms with Gasteiger partial charge in [-0.05, 0) is 12.5 Å². The van der Waals surface area contributed by atoms with E-state index in [1.807, 2.05) is 0 Å². The lowest BCUT2D eigenvalue weighted by Gasteiger charge is -2.40. The van der Waals surface area contributed by atoms with Crippen LogP contribution in [0, 0.1) is 0 Å². The normalized spacial score (nSPS) is 15.5. The molecule has 15 heteroatoms. The molecule has 1 atom stereocenters. The van der Waals surface area contributed by atoms with Crippen LogP contribution in [-0.4, -0.2) is 47.5 Å². The Labute approximate surface area is 178 Å². The van der Waals surface area contributed by atoms with E-state index < -0.39 is 53.9 Å². The summed E-state index contributed by atoms with van der Waals surface area (Å²) < 4.78 is 176. The van der Waals surface area contributed by atoms with Gasteiger partial charge in [0.05, 0.1) is 12.7 Å². The second-order valence-corrected chi connectivity index (χ2v) is 6.96. The number of alkyl halides is 13. The van der Waals surface area contributed by atoms with Crippen molar-refractivity contribution in [1.29, 1.82) is 0 Å². The largest absolute Gasteiger partial charge is 0.493 e. The average molecular weight is 512 g/mol. The SMILES string of the molecule is CCCCOc1ccccc1C(O)CC(F)(F)C(F)(F)C(F)(F)C(F)(F)C(F)(F)C(F)(F)F. The maximum Gasteiger partial charge on any atom is 0.460 e. The fourth-order valence-electron chi connectivity index (χ4n) is 2.50. The number of unbranched alkanes of at least 4 members (excludes halogenated alkanes) is 1. The van der Waals surface area contributed by atoms with Gasteiger partial charge >= 0.3 is 35.8 Å². The van der Waals surface area contributed by atoms with E-state index in [2.05, 4.69) is 0 Å². The number of aliphatic hydroxyl groups excluding tert-OH is 1. The topological polar surface area (TPSA) is 29.5 Å². The van der Waals surface area contributed by atoms with Crippen LogP contribution in [0.5, 0.6) is 5.75 Å². The third-order valence-electron chi connectivity index (χ3n) is 4.48. The second-order valence-electron chi connectivity index (χ2n) is 6.96. The average Bonchev–Trinajstić information content (AvgIpc) is 2.66. The first kappa shape index (κ1) is 29.1. The Kier molecular flexibility index (Phi) is 8.27. The predicted molar refractivity (Wildman–Crippen MR) is 87.2 cm³/mol. The van der Waals surface area contributed by atoms with E-state index in [9.17, 15) is 62.2 Å². The summed E-state index contributed by atoms with van der Waals surface area (Å²) in [5, 5.41) is 9.86. The van der Waals surface area contributed by atoms with E-state index in [1.54, 1.807) is 6.92 Å². The number of hydrogen-bond donors (Lipinski definition) is 1. The summed E-state index contributed by atoms with van der Waals surface area (Å²) in [6, 6.07) is 4.23. The zero-order valence-corrected chi connectivity index (χ0v) is 16.5. The van der Waals surface area contributed by atoms with Gasteiger partial charge in [-0.25, -0.2) is 0 Å². The first-order valence-electron chi connectivity index (χ1n) is 9.04. The van der Waals surface area contributed by atoms with Gasteiger partial charge in [0.2, 0.25) is 0 Å². The van der Waals surface area contributed by atoms with Gasteiger partial charge < -0.3 is 9.84 Å². The fourth-order valence-corrected chi connectivity index (χ4v) is 2.50. The second kappa shape index (κ2) is 9.37. The van der Waals surface area contributed by atoms with Crippen LogP contribution in [0.2, 0.25) is 0 Å². The van der Waals surface area contributed by atoms with Crippen molar-refractivity contribution in [3.63, 3.8) is 0 Å². The molecule has 1 aromatic rings. The first-order chi connectivity index (χ1) is 14.7. The minimum absolute atomic E-state index is 0.0520. The molecular weight excluding hydrogens is 495 g/mol. The standard InChI is InChI=1S/C18H17F13O2/c1-2-3-8-33-12-7-5-4-6-10(12)11(32)9-13(19,20)14(21,22)15(23,24)16(25,26)17(27,28)18(29,30)31/h4-7,11,32H,2-3,8-9H2,1H3. The molecule has 0 bridgehead atoms. The number of hydrogen-bond acceptors (Lipinski definition) is 2. The summed E-state index contributed by atoms with van der Waals surface area (Å²) >= 11 is 0. The summed E-state index contributed by atoms with van der Waals surface area (Å²) in [5.74, 6) is -37.8. The molecule has 0 heterocycles. The Morgan fingerprint density at radius 3 is 1.73 bits per heavy atom. The van der Waals surface area contributed by atoms with Gasteiger partial charge in [-0.15, -0.1) is 0 Å². The highest BCUT2D eigenvalue weighted by molar-refractivity contribution is 5.35. The van der Waals surface area contributed by atoms with E-state index in [4.69, 9.17) is 4.74 Å². The zero-order valence-electron chi connectivity index (χ0n) is 16.5. The Bertz CT molecular complexity index is 790. The molecule has 0 fully saturated rings. The highest BCUT2D eigenvalue weighted by Crippen LogP contribution is 2.61. The number of ether oxygens (including phenoxy) is 1. The molecule has 0 aliphatic heterocycles. The quantitative estimate of drug-likeness (QED) is 0.255. The van der Waals surface area contributed by atoms with Gasteiger partial charge in [-0.2, -0.15) is 57.1 Å². The van der Waals surface area contributed by atoms with Gasteiger partial charge in [-0.1, -0.05) is 31.5 Å². The highest BCUT2D eigenvalue weighted by atomic mass is 19.4. The van der Waals surface area contributed by atoms with Crippen molar-refractivity contribution in [2.24, 2.45) is 0 Å². The van der Waals surface area contributed by atoms with Crippen LogP contribution in [0.25, 0.3) is 0 Å². The molecule has 2 nitrogen and oxygen atoms in total. The molecule has 0 radical (unpaired) electrons. The van der Waals surface area contributed by atoms with Crippen molar-refractivity contribution >= 4 is 0 Å². The molecule has 0 spiro atoms. The molecule has 33 heavy (non-hydrogen) atoms. The lowest BCUT2D eigenvalue weighted by molar-refractivity contribution is -0.440. The van der Waals surface area contributed by atoms with Crippen LogP contribution in [0.1, 0.15) is 37.9 Å². The van der Waals surface area contributed by atoms with E-state index >= 15 is 0 Å². The predicted octanol–water partition coefficient (Wildman–Crippen LogP) is 7.03. The first-order valence-corrected chi connectivity index (χ1v) is 9.04. The van der Waals surface area contributed by atoms with Crippen molar-refractivity contribution in [2.45, 2.75) is 68.1 Å². The van der Waals surface area contributed by atoms with Crippen molar-refractivity contribution in [1.82, 2.24) is 0 Å². The zero-order chi connectivity index (χ0) is 26.1. The van der Waals surface area contributed by atoms with Gasteiger partial charge in [0, 0.05) is 12.0 Å². The van der Waals surface area contributed by atoms with Crippen molar-refractivity contribution in [2.75, 3.05) is 6.61 Å². The van der Waals surface area contributed by atoms with Crippen LogP contribution in [-0.2, 0) is 0 Å². The number of rotatable bonds is 11. The van der Waals surface area contributed by atoms with E-state index in [-0.39, 0.29) is 12.4 Å². The Morgan fingerprint density at radius 2 is 1.24 bits per heavy atom. The van der Waals surface area contributed by atoms with Crippen LogP contribution in [0.15, 0.2) is 24.3 Å². The molecule has 192 valence electrons. The maximum absolute atomic E-state index is 14.0. The molecule has 1 aromatic carbocycles. The lowest BCUT2D eigenvalue weighted by Crippen LogP contribution is -2.70. The van der Waals surface area contributed by atoms with E-state index in [1.165, 1.54) is 6.07 Å². The van der Waals surface area contributed by atoms with Gasteiger partial charge in [0.15, 0.2) is 0 Å². The summed E-state index contributed by atoms with van der Waals surface area (Å²) in [6.45, 7) is 1.68. The minimum atomic E-state index is -7.97. The molecular formula is C18H17F13O2. The Morgan fingerprint density at radius 1 is 0.758 bits per heavy atom. The Hall–Kier alpha value is -1.93. The lowest BCUT2D eigenvalue weighted by atomic mass is 9.90.